The van der Waals surface area contributed by atoms with Gasteiger partial charge in [0.15, 0.2) is 15.6 Å². The zero-order valence-electron chi connectivity index (χ0n) is 12.6. The third-order valence-corrected chi connectivity index (χ3v) is 6.61. The molecule has 0 amide bonds. The van der Waals surface area contributed by atoms with E-state index in [0.717, 1.165) is 25.8 Å². The van der Waals surface area contributed by atoms with Gasteiger partial charge in [-0.1, -0.05) is 13.8 Å². The van der Waals surface area contributed by atoms with Crippen LogP contribution in [0.4, 0.5) is 0 Å². The van der Waals surface area contributed by atoms with E-state index < -0.39 is 15.6 Å². The van der Waals surface area contributed by atoms with Crippen LogP contribution in [0.2, 0.25) is 0 Å². The molecule has 1 heterocycles. The van der Waals surface area contributed by atoms with Crippen molar-refractivity contribution in [3.8, 4) is 0 Å². The fraction of sp³-hybridized carbons (Fsp3) is 1.00. The molecule has 2 fully saturated rings. The minimum absolute atomic E-state index is 0.0323. The quantitative estimate of drug-likeness (QED) is 0.805. The molecule has 2 atom stereocenters. The van der Waals surface area contributed by atoms with E-state index in [4.69, 9.17) is 9.47 Å². The van der Waals surface area contributed by atoms with Crippen molar-refractivity contribution < 1.29 is 17.9 Å². The van der Waals surface area contributed by atoms with Gasteiger partial charge in [0.05, 0.1) is 24.2 Å². The summed E-state index contributed by atoms with van der Waals surface area (Å²) in [4.78, 5) is 0. The number of nitrogens with one attached hydrogen (secondary N) is 1. The molecule has 118 valence electrons. The van der Waals surface area contributed by atoms with Crippen LogP contribution in [0.3, 0.4) is 0 Å². The second kappa shape index (κ2) is 6.73. The third-order valence-electron chi connectivity index (χ3n) is 4.22. The highest BCUT2D eigenvalue weighted by Gasteiger charge is 2.48. The molecule has 0 bridgehead atoms. The fourth-order valence-electron chi connectivity index (χ4n) is 3.25. The molecule has 1 saturated carbocycles. The summed E-state index contributed by atoms with van der Waals surface area (Å²) in [5, 5.41) is 3.01. The van der Waals surface area contributed by atoms with Gasteiger partial charge in [-0.3, -0.25) is 0 Å². The van der Waals surface area contributed by atoms with Crippen LogP contribution < -0.4 is 5.32 Å². The molecule has 1 spiro atoms. The summed E-state index contributed by atoms with van der Waals surface area (Å²) < 4.78 is 36.5. The predicted molar refractivity (Wildman–Crippen MR) is 78.4 cm³/mol. The first kappa shape index (κ1) is 16.2. The zero-order chi connectivity index (χ0) is 14.6. The molecule has 2 unspecified atom stereocenters. The van der Waals surface area contributed by atoms with E-state index in [-0.39, 0.29) is 17.0 Å². The Morgan fingerprint density at radius 2 is 1.90 bits per heavy atom. The molecule has 6 heteroatoms. The van der Waals surface area contributed by atoms with Crippen molar-refractivity contribution in [2.24, 2.45) is 0 Å². The van der Waals surface area contributed by atoms with Crippen LogP contribution in [0.5, 0.6) is 0 Å². The maximum absolute atomic E-state index is 12.5. The molecule has 0 aromatic rings. The van der Waals surface area contributed by atoms with Gasteiger partial charge >= 0.3 is 0 Å². The molecule has 1 aliphatic carbocycles. The summed E-state index contributed by atoms with van der Waals surface area (Å²) in [7, 11) is -3.10. The number of hydrogen-bond acceptors (Lipinski definition) is 5. The molecular formula is C14H27NO4S. The van der Waals surface area contributed by atoms with Gasteiger partial charge in [0, 0.05) is 18.9 Å². The molecule has 5 nitrogen and oxygen atoms in total. The molecular weight excluding hydrogens is 278 g/mol. The number of rotatable bonds is 6. The summed E-state index contributed by atoms with van der Waals surface area (Å²) in [5.41, 5.74) is 0. The van der Waals surface area contributed by atoms with Crippen LogP contribution in [0.15, 0.2) is 0 Å². The SMILES string of the molecule is CCCNC1CCC2(CC1S(=O)(=O)CCC)OCCO2. The van der Waals surface area contributed by atoms with Gasteiger partial charge in [-0.15, -0.1) is 0 Å². The minimum atomic E-state index is -3.10. The topological polar surface area (TPSA) is 64.6 Å². The summed E-state index contributed by atoms with van der Waals surface area (Å²) in [6.45, 7) is 6.02. The van der Waals surface area contributed by atoms with E-state index in [1.165, 1.54) is 0 Å². The van der Waals surface area contributed by atoms with Crippen molar-refractivity contribution in [2.75, 3.05) is 25.5 Å². The van der Waals surface area contributed by atoms with Gasteiger partial charge in [-0.05, 0) is 25.8 Å². The Morgan fingerprint density at radius 3 is 2.50 bits per heavy atom. The van der Waals surface area contributed by atoms with Crippen LogP contribution in [-0.4, -0.2) is 51.0 Å². The Hall–Kier alpha value is -0.170. The second-order valence-electron chi connectivity index (χ2n) is 5.82. The normalized spacial score (nSPS) is 29.9. The Bertz CT molecular complexity index is 403. The van der Waals surface area contributed by atoms with Crippen LogP contribution in [0, 0.1) is 0 Å². The lowest BCUT2D eigenvalue weighted by Gasteiger charge is -2.41. The fourth-order valence-corrected chi connectivity index (χ4v) is 5.36. The summed E-state index contributed by atoms with van der Waals surface area (Å²) in [6, 6.07) is 0.0323. The van der Waals surface area contributed by atoms with Gasteiger partial charge in [0.2, 0.25) is 0 Å². The highest BCUT2D eigenvalue weighted by molar-refractivity contribution is 7.92. The third kappa shape index (κ3) is 3.53. The Labute approximate surface area is 122 Å². The lowest BCUT2D eigenvalue weighted by Crippen LogP contribution is -2.54. The van der Waals surface area contributed by atoms with Crippen LogP contribution >= 0.6 is 0 Å². The Kier molecular flexibility index (Phi) is 5.45. The van der Waals surface area contributed by atoms with Crippen molar-refractivity contribution >= 4 is 9.84 Å². The van der Waals surface area contributed by atoms with E-state index in [1.54, 1.807) is 0 Å². The molecule has 1 aliphatic heterocycles. The smallest absolute Gasteiger partial charge is 0.169 e. The lowest BCUT2D eigenvalue weighted by atomic mass is 9.89. The molecule has 0 aromatic heterocycles. The zero-order valence-corrected chi connectivity index (χ0v) is 13.4. The van der Waals surface area contributed by atoms with E-state index in [0.29, 0.717) is 26.1 Å². The number of sulfone groups is 1. The Balaban J connectivity index is 2.14. The average Bonchev–Trinajstić information content (AvgIpc) is 2.86. The summed E-state index contributed by atoms with van der Waals surface area (Å²) in [6.07, 6.45) is 3.72. The molecule has 1 N–H and O–H groups in total. The maximum atomic E-state index is 12.5. The van der Waals surface area contributed by atoms with Gasteiger partial charge in [-0.2, -0.15) is 0 Å². The molecule has 0 radical (unpaired) electrons. The largest absolute Gasteiger partial charge is 0.347 e. The maximum Gasteiger partial charge on any atom is 0.169 e. The molecule has 2 aliphatic rings. The van der Waals surface area contributed by atoms with Crippen molar-refractivity contribution in [1.82, 2.24) is 5.32 Å². The molecule has 0 aromatic carbocycles. The van der Waals surface area contributed by atoms with Gasteiger partial charge < -0.3 is 14.8 Å². The van der Waals surface area contributed by atoms with Gasteiger partial charge in [0.25, 0.3) is 0 Å². The van der Waals surface area contributed by atoms with Crippen LogP contribution in [0.1, 0.15) is 46.0 Å². The number of ether oxygens (including phenoxy) is 2. The van der Waals surface area contributed by atoms with Crippen molar-refractivity contribution in [3.63, 3.8) is 0 Å². The van der Waals surface area contributed by atoms with E-state index in [9.17, 15) is 8.42 Å². The van der Waals surface area contributed by atoms with Gasteiger partial charge in [-0.25, -0.2) is 8.42 Å². The van der Waals surface area contributed by atoms with E-state index >= 15 is 0 Å². The standard InChI is InChI=1S/C14H27NO4S/c1-3-7-15-12-5-6-14(18-8-9-19-14)11-13(12)20(16,17)10-4-2/h12-13,15H,3-11H2,1-2H3. The highest BCUT2D eigenvalue weighted by atomic mass is 32.2. The first-order valence-corrected chi connectivity index (χ1v) is 9.47. The summed E-state index contributed by atoms with van der Waals surface area (Å²) >= 11 is 0. The first-order chi connectivity index (χ1) is 9.53. The lowest BCUT2D eigenvalue weighted by molar-refractivity contribution is -0.178. The van der Waals surface area contributed by atoms with Gasteiger partial charge in [0.1, 0.15) is 0 Å². The molecule has 2 rings (SSSR count). The monoisotopic (exact) mass is 305 g/mol. The van der Waals surface area contributed by atoms with Crippen molar-refractivity contribution in [2.45, 2.75) is 63.0 Å². The van der Waals surface area contributed by atoms with Crippen molar-refractivity contribution in [3.05, 3.63) is 0 Å². The van der Waals surface area contributed by atoms with Crippen LogP contribution in [0.25, 0.3) is 0 Å². The average molecular weight is 305 g/mol. The predicted octanol–water partition coefficient (Wildman–Crippen LogP) is 1.47. The highest BCUT2D eigenvalue weighted by Crippen LogP contribution is 2.38. The van der Waals surface area contributed by atoms with E-state index in [2.05, 4.69) is 12.2 Å². The molecule has 1 saturated heterocycles. The minimum Gasteiger partial charge on any atom is -0.347 e. The summed E-state index contributed by atoms with van der Waals surface area (Å²) in [5.74, 6) is -0.395. The second-order valence-corrected chi connectivity index (χ2v) is 8.16. The van der Waals surface area contributed by atoms with Crippen molar-refractivity contribution in [1.29, 1.82) is 0 Å². The van der Waals surface area contributed by atoms with Crippen LogP contribution in [-0.2, 0) is 19.3 Å². The first-order valence-electron chi connectivity index (χ1n) is 7.76. The van der Waals surface area contributed by atoms with E-state index in [1.807, 2.05) is 6.92 Å². The number of hydrogen-bond donors (Lipinski definition) is 1. The molecule has 20 heavy (non-hydrogen) atoms. The Morgan fingerprint density at radius 1 is 1.20 bits per heavy atom.